The number of carbonyl (C=O) groups excluding carboxylic acids is 4. The number of nitrogens with zero attached hydrogens (tertiary/aromatic N) is 4. The Morgan fingerprint density at radius 1 is 0.667 bits per heavy atom. The molecule has 12 nitrogen and oxygen atoms in total. The summed E-state index contributed by atoms with van der Waals surface area (Å²) in [5, 5.41) is 1.14. The summed E-state index contributed by atoms with van der Waals surface area (Å²) in [5.74, 6) is 0.524. The van der Waals surface area contributed by atoms with Crippen LogP contribution in [0.5, 0.6) is 0 Å². The second-order valence-electron chi connectivity index (χ2n) is 16.5. The Hall–Kier alpha value is -2.68. The SMILES string of the molecule is COC(=O)C1CCC2(CC1)CN(C(=O)OC(C)(C)C)c1ncc(Br)c(Cl)c12.COC(=O)C1CCC2(CC1)CN(C(=O)OC(C)(C)C)c1ncc(Br)c(Cl)c12. The van der Waals surface area contributed by atoms with Crippen LogP contribution in [0, 0.1) is 11.8 Å². The second-order valence-corrected chi connectivity index (χ2v) is 19.0. The van der Waals surface area contributed by atoms with Gasteiger partial charge in [-0.2, -0.15) is 0 Å². The molecule has 2 fully saturated rings. The number of aromatic nitrogens is 2. The lowest BCUT2D eigenvalue weighted by Crippen LogP contribution is -2.42. The maximum atomic E-state index is 12.8. The number of methoxy groups -OCH3 is 2. The summed E-state index contributed by atoms with van der Waals surface area (Å²) < 4.78 is 22.3. The number of rotatable bonds is 2. The molecule has 0 N–H and O–H groups in total. The van der Waals surface area contributed by atoms with Gasteiger partial charge in [0.1, 0.15) is 22.8 Å². The van der Waals surface area contributed by atoms with E-state index in [1.165, 1.54) is 14.2 Å². The van der Waals surface area contributed by atoms with Crippen molar-refractivity contribution in [2.45, 2.75) is 115 Å². The zero-order valence-electron chi connectivity index (χ0n) is 31.9. The third-order valence-corrected chi connectivity index (χ3v) is 13.0. The van der Waals surface area contributed by atoms with E-state index in [2.05, 4.69) is 41.8 Å². The van der Waals surface area contributed by atoms with Gasteiger partial charge in [0.05, 0.1) is 45.0 Å². The normalized spacial score (nSPS) is 24.7. The summed E-state index contributed by atoms with van der Waals surface area (Å²) >= 11 is 20.2. The maximum absolute atomic E-state index is 12.8. The van der Waals surface area contributed by atoms with E-state index in [0.717, 1.165) is 36.8 Å². The first-order valence-electron chi connectivity index (χ1n) is 18.0. The zero-order valence-corrected chi connectivity index (χ0v) is 36.6. The maximum Gasteiger partial charge on any atom is 0.416 e. The predicted octanol–water partition coefficient (Wildman–Crippen LogP) is 9.71. The van der Waals surface area contributed by atoms with Crippen molar-refractivity contribution in [3.8, 4) is 0 Å². The molecule has 2 saturated carbocycles. The molecule has 2 aliphatic heterocycles. The smallest absolute Gasteiger partial charge is 0.416 e. The van der Waals surface area contributed by atoms with Crippen molar-refractivity contribution in [2.24, 2.45) is 11.8 Å². The van der Waals surface area contributed by atoms with Crippen LogP contribution in [0.1, 0.15) is 104 Å². The topological polar surface area (TPSA) is 137 Å². The number of amides is 2. The first-order valence-corrected chi connectivity index (χ1v) is 20.4. The fourth-order valence-electron chi connectivity index (χ4n) is 8.07. The summed E-state index contributed by atoms with van der Waals surface area (Å²) in [4.78, 5) is 61.5. The molecular weight excluding hydrogens is 871 g/mol. The number of esters is 2. The van der Waals surface area contributed by atoms with Gasteiger partial charge >= 0.3 is 24.1 Å². The third kappa shape index (κ3) is 8.66. The molecule has 2 aliphatic carbocycles. The lowest BCUT2D eigenvalue weighted by Gasteiger charge is -2.37. The van der Waals surface area contributed by atoms with E-state index in [4.69, 9.17) is 42.1 Å². The van der Waals surface area contributed by atoms with E-state index >= 15 is 0 Å². The quantitative estimate of drug-likeness (QED) is 0.212. The number of halogens is 4. The molecule has 6 rings (SSSR count). The number of fused-ring (bicyclic) bond motifs is 4. The van der Waals surface area contributed by atoms with Crippen molar-refractivity contribution < 1.29 is 38.1 Å². The molecule has 2 aromatic rings. The van der Waals surface area contributed by atoms with Gasteiger partial charge in [-0.15, -0.1) is 0 Å². The van der Waals surface area contributed by atoms with Gasteiger partial charge in [0.25, 0.3) is 0 Å². The molecule has 296 valence electrons. The zero-order chi connectivity index (χ0) is 40.0. The van der Waals surface area contributed by atoms with Crippen LogP contribution >= 0.6 is 55.1 Å². The van der Waals surface area contributed by atoms with Gasteiger partial charge in [0, 0.05) is 47.4 Å². The van der Waals surface area contributed by atoms with Crippen LogP contribution < -0.4 is 9.80 Å². The third-order valence-electron chi connectivity index (χ3n) is 10.6. The number of pyridine rings is 2. The Bertz CT molecular complexity index is 1670. The Labute approximate surface area is 343 Å². The molecule has 0 aromatic carbocycles. The predicted molar refractivity (Wildman–Crippen MR) is 212 cm³/mol. The molecule has 0 unspecified atom stereocenters. The van der Waals surface area contributed by atoms with Crippen LogP contribution in [0.2, 0.25) is 10.0 Å². The van der Waals surface area contributed by atoms with E-state index in [9.17, 15) is 19.2 Å². The minimum atomic E-state index is -0.602. The number of ether oxygens (including phenoxy) is 4. The lowest BCUT2D eigenvalue weighted by atomic mass is 9.68. The number of anilines is 2. The van der Waals surface area contributed by atoms with Gasteiger partial charge < -0.3 is 18.9 Å². The minimum Gasteiger partial charge on any atom is -0.469 e. The molecule has 4 aliphatic rings. The Morgan fingerprint density at radius 2 is 0.981 bits per heavy atom. The van der Waals surface area contributed by atoms with Gasteiger partial charge in [-0.3, -0.25) is 19.4 Å². The van der Waals surface area contributed by atoms with Crippen molar-refractivity contribution in [3.05, 3.63) is 42.5 Å². The van der Waals surface area contributed by atoms with Gasteiger partial charge in [-0.25, -0.2) is 19.6 Å². The minimum absolute atomic E-state index is 0.112. The lowest BCUT2D eigenvalue weighted by molar-refractivity contribution is -0.147. The van der Waals surface area contributed by atoms with Crippen molar-refractivity contribution in [3.63, 3.8) is 0 Å². The Balaban J connectivity index is 0.000000208. The Morgan fingerprint density at radius 3 is 1.26 bits per heavy atom. The van der Waals surface area contributed by atoms with Crippen molar-refractivity contribution in [1.29, 1.82) is 0 Å². The summed E-state index contributed by atoms with van der Waals surface area (Å²) in [6, 6.07) is 0. The molecule has 0 radical (unpaired) electrons. The average molecular weight is 920 g/mol. The number of hydrogen-bond acceptors (Lipinski definition) is 10. The molecule has 2 amide bonds. The number of carbonyl (C=O) groups is 4. The first kappa shape index (κ1) is 42.5. The molecule has 4 heterocycles. The highest BCUT2D eigenvalue weighted by atomic mass is 79.9. The van der Waals surface area contributed by atoms with Gasteiger partial charge in [0.15, 0.2) is 0 Å². The highest BCUT2D eigenvalue weighted by Crippen LogP contribution is 2.55. The van der Waals surface area contributed by atoms with Crippen LogP contribution in [-0.4, -0.2) is 72.6 Å². The highest BCUT2D eigenvalue weighted by Gasteiger charge is 2.52. The van der Waals surface area contributed by atoms with Crippen LogP contribution in [0.3, 0.4) is 0 Å². The van der Waals surface area contributed by atoms with Crippen LogP contribution in [0.4, 0.5) is 21.2 Å². The standard InChI is InChI=1S/2C19H24BrClN2O4/c2*1-18(2,3)27-17(25)23-10-19(7-5-11(6-8-19)16(24)26-4)13-14(21)12(20)9-22-15(13)23/h2*9,11H,5-8,10H2,1-4H3. The molecule has 2 spiro atoms. The van der Waals surface area contributed by atoms with E-state index < -0.39 is 23.4 Å². The van der Waals surface area contributed by atoms with Crippen LogP contribution in [0.25, 0.3) is 0 Å². The van der Waals surface area contributed by atoms with Crippen molar-refractivity contribution >= 4 is 90.8 Å². The van der Waals surface area contributed by atoms with Gasteiger partial charge in [-0.1, -0.05) is 23.2 Å². The van der Waals surface area contributed by atoms with E-state index in [0.29, 0.717) is 69.4 Å². The van der Waals surface area contributed by atoms with E-state index in [-0.39, 0.29) is 34.6 Å². The molecule has 0 bridgehead atoms. The molecular formula is C38H48Br2Cl2N4O8. The van der Waals surface area contributed by atoms with Crippen LogP contribution in [-0.2, 0) is 39.4 Å². The second kappa shape index (κ2) is 16.1. The van der Waals surface area contributed by atoms with Gasteiger partial charge in [0.2, 0.25) is 0 Å². The van der Waals surface area contributed by atoms with E-state index in [1.54, 1.807) is 22.2 Å². The fraction of sp³-hybridized carbons (Fsp3) is 0.632. The van der Waals surface area contributed by atoms with Gasteiger partial charge in [-0.05, 0) is 125 Å². The summed E-state index contributed by atoms with van der Waals surface area (Å²) in [5.41, 5.74) is -0.126. The largest absolute Gasteiger partial charge is 0.469 e. The first-order chi connectivity index (χ1) is 25.2. The van der Waals surface area contributed by atoms with Crippen molar-refractivity contribution in [2.75, 3.05) is 37.1 Å². The van der Waals surface area contributed by atoms with E-state index in [1.807, 2.05) is 41.5 Å². The molecule has 16 heteroatoms. The highest BCUT2D eigenvalue weighted by molar-refractivity contribution is 9.10. The molecule has 0 saturated heterocycles. The summed E-state index contributed by atoms with van der Waals surface area (Å²) in [7, 11) is 2.83. The molecule has 2 aromatic heterocycles. The summed E-state index contributed by atoms with van der Waals surface area (Å²) in [6.07, 6.45) is 8.06. The molecule has 54 heavy (non-hydrogen) atoms. The monoisotopic (exact) mass is 916 g/mol. The van der Waals surface area contributed by atoms with Crippen molar-refractivity contribution in [1.82, 2.24) is 9.97 Å². The average Bonchev–Trinajstić information content (AvgIpc) is 3.60. The molecule has 0 atom stereocenters. The van der Waals surface area contributed by atoms with Crippen LogP contribution in [0.15, 0.2) is 21.3 Å². The number of hydrogen-bond donors (Lipinski definition) is 0. The summed E-state index contributed by atoms with van der Waals surface area (Å²) in [6.45, 7) is 11.9. The Kier molecular flexibility index (Phi) is 12.6. The fourth-order valence-corrected chi connectivity index (χ4v) is 9.34.